The van der Waals surface area contributed by atoms with E-state index in [4.69, 9.17) is 4.74 Å². The summed E-state index contributed by atoms with van der Waals surface area (Å²) < 4.78 is 9.87. The number of phenols is 1. The SMILES string of the molecule is CCC(C)C(NC(=O)OC(C)(C)C)C(=O)N(CC#N)C(C(=O)NCC(=O)OC)c1ccc(O)c(C)c1. The summed E-state index contributed by atoms with van der Waals surface area (Å²) in [7, 11) is 1.17. The van der Waals surface area contributed by atoms with Crippen LogP contribution in [0.2, 0.25) is 0 Å². The minimum Gasteiger partial charge on any atom is -0.508 e. The monoisotopic (exact) mass is 504 g/mol. The van der Waals surface area contributed by atoms with Gasteiger partial charge in [0.1, 0.15) is 36.5 Å². The van der Waals surface area contributed by atoms with Gasteiger partial charge in [-0.15, -0.1) is 0 Å². The summed E-state index contributed by atoms with van der Waals surface area (Å²) in [6, 6.07) is 3.78. The van der Waals surface area contributed by atoms with Crippen LogP contribution in [0, 0.1) is 24.2 Å². The number of esters is 1. The van der Waals surface area contributed by atoms with Crippen LogP contribution in [-0.4, -0.2) is 65.7 Å². The Morgan fingerprint density at radius 1 is 1.22 bits per heavy atom. The van der Waals surface area contributed by atoms with E-state index in [-0.39, 0.29) is 11.7 Å². The Morgan fingerprint density at radius 3 is 2.36 bits per heavy atom. The maximum absolute atomic E-state index is 13.8. The zero-order chi connectivity index (χ0) is 27.6. The van der Waals surface area contributed by atoms with Crippen LogP contribution in [0.25, 0.3) is 0 Å². The van der Waals surface area contributed by atoms with Crippen molar-refractivity contribution in [1.29, 1.82) is 5.26 Å². The molecular formula is C25H36N4O7. The van der Waals surface area contributed by atoms with Gasteiger partial charge in [-0.05, 0) is 56.9 Å². The smallest absolute Gasteiger partial charge is 0.408 e. The molecule has 3 amide bonds. The van der Waals surface area contributed by atoms with Crippen LogP contribution in [0.1, 0.15) is 58.2 Å². The fourth-order valence-electron chi connectivity index (χ4n) is 3.32. The average Bonchev–Trinajstić information content (AvgIpc) is 2.80. The number of hydrogen-bond donors (Lipinski definition) is 3. The van der Waals surface area contributed by atoms with Gasteiger partial charge in [-0.25, -0.2) is 4.79 Å². The van der Waals surface area contributed by atoms with E-state index in [1.807, 2.05) is 13.0 Å². The molecule has 0 radical (unpaired) electrons. The maximum atomic E-state index is 13.8. The Morgan fingerprint density at radius 2 is 1.86 bits per heavy atom. The molecule has 0 aliphatic carbocycles. The van der Waals surface area contributed by atoms with Crippen LogP contribution >= 0.6 is 0 Å². The largest absolute Gasteiger partial charge is 0.508 e. The second kappa shape index (κ2) is 13.3. The van der Waals surface area contributed by atoms with Gasteiger partial charge in [-0.2, -0.15) is 5.26 Å². The molecule has 1 rings (SSSR count). The van der Waals surface area contributed by atoms with Gasteiger partial charge in [-0.3, -0.25) is 14.4 Å². The molecule has 0 aliphatic heterocycles. The maximum Gasteiger partial charge on any atom is 0.408 e. The number of nitrogens with one attached hydrogen (secondary N) is 2. The molecule has 36 heavy (non-hydrogen) atoms. The van der Waals surface area contributed by atoms with Crippen LogP contribution < -0.4 is 10.6 Å². The van der Waals surface area contributed by atoms with E-state index in [1.165, 1.54) is 25.3 Å². The highest BCUT2D eigenvalue weighted by Crippen LogP contribution is 2.28. The summed E-state index contributed by atoms with van der Waals surface area (Å²) in [5.74, 6) is -2.51. The number of nitrogens with zero attached hydrogens (tertiary/aromatic N) is 2. The summed E-state index contributed by atoms with van der Waals surface area (Å²) in [5, 5.41) is 24.5. The summed E-state index contributed by atoms with van der Waals surface area (Å²) in [5.41, 5.74) is -0.0660. The molecule has 0 saturated carbocycles. The number of ether oxygens (including phenoxy) is 2. The number of amides is 3. The number of carbonyl (C=O) groups is 4. The molecule has 0 fully saturated rings. The van der Waals surface area contributed by atoms with E-state index in [0.717, 1.165) is 4.90 Å². The van der Waals surface area contributed by atoms with E-state index in [0.29, 0.717) is 17.5 Å². The van der Waals surface area contributed by atoms with Crippen molar-refractivity contribution >= 4 is 23.9 Å². The van der Waals surface area contributed by atoms with Gasteiger partial charge in [0.2, 0.25) is 11.8 Å². The minimum absolute atomic E-state index is 0.0188. The molecule has 3 atom stereocenters. The molecule has 0 spiro atoms. The zero-order valence-electron chi connectivity index (χ0n) is 21.9. The highest BCUT2D eigenvalue weighted by molar-refractivity contribution is 5.93. The molecule has 1 aromatic rings. The van der Waals surface area contributed by atoms with Crippen LogP contribution in [0.15, 0.2) is 18.2 Å². The lowest BCUT2D eigenvalue weighted by molar-refractivity contribution is -0.144. The molecular weight excluding hydrogens is 468 g/mol. The predicted molar refractivity (Wildman–Crippen MR) is 131 cm³/mol. The third kappa shape index (κ3) is 8.76. The first kappa shape index (κ1) is 30.2. The standard InChI is InChI=1S/C25H36N4O7/c1-8-15(2)20(28-24(34)36-25(4,5)6)23(33)29(12-11-26)21(22(32)27-14-19(31)35-7)17-9-10-18(30)16(3)13-17/h9-10,13,15,20-21,30H,8,12,14H2,1-7H3,(H,27,32)(H,28,34). The highest BCUT2D eigenvalue weighted by Gasteiger charge is 2.38. The second-order valence-corrected chi connectivity index (χ2v) is 9.38. The third-order valence-electron chi connectivity index (χ3n) is 5.41. The molecule has 3 unspecified atom stereocenters. The van der Waals surface area contributed by atoms with Crippen molar-refractivity contribution < 1.29 is 33.8 Å². The normalized spacial score (nSPS) is 13.4. The summed E-state index contributed by atoms with van der Waals surface area (Å²) in [4.78, 5) is 52.2. The molecule has 3 N–H and O–H groups in total. The number of aromatic hydroxyl groups is 1. The lowest BCUT2D eigenvalue weighted by Crippen LogP contribution is -2.55. The Hall–Kier alpha value is -3.81. The van der Waals surface area contributed by atoms with Gasteiger partial charge in [-0.1, -0.05) is 26.3 Å². The number of carbonyl (C=O) groups excluding carboxylic acids is 4. The number of alkyl carbamates (subject to hydrolysis) is 1. The van der Waals surface area contributed by atoms with Gasteiger partial charge < -0.3 is 30.1 Å². The quantitative estimate of drug-likeness (QED) is 0.323. The summed E-state index contributed by atoms with van der Waals surface area (Å²) in [6.07, 6.45) is -0.311. The first-order valence-electron chi connectivity index (χ1n) is 11.6. The lowest BCUT2D eigenvalue weighted by Gasteiger charge is -2.34. The number of nitriles is 1. The molecule has 11 heteroatoms. The topological polar surface area (TPSA) is 158 Å². The van der Waals surface area contributed by atoms with Crippen LogP contribution in [-0.2, 0) is 23.9 Å². The third-order valence-corrected chi connectivity index (χ3v) is 5.41. The number of phenolic OH excluding ortho intramolecular Hbond substituents is 1. The van der Waals surface area contributed by atoms with Crippen molar-refractivity contribution in [3.05, 3.63) is 29.3 Å². The van der Waals surface area contributed by atoms with Crippen molar-refractivity contribution in [1.82, 2.24) is 15.5 Å². The lowest BCUT2D eigenvalue weighted by atomic mass is 9.95. The molecule has 0 heterocycles. The first-order valence-corrected chi connectivity index (χ1v) is 11.6. The van der Waals surface area contributed by atoms with Gasteiger partial charge in [0, 0.05) is 0 Å². The Balaban J connectivity index is 3.51. The molecule has 1 aromatic carbocycles. The van der Waals surface area contributed by atoms with Crippen molar-refractivity contribution in [2.24, 2.45) is 5.92 Å². The Kier molecular flexibility index (Phi) is 11.2. The van der Waals surface area contributed by atoms with Crippen LogP contribution in [0.5, 0.6) is 5.75 Å². The Labute approximate surface area is 211 Å². The van der Waals surface area contributed by atoms with Gasteiger partial charge in [0.25, 0.3) is 0 Å². The molecule has 0 saturated heterocycles. The second-order valence-electron chi connectivity index (χ2n) is 9.38. The first-order chi connectivity index (χ1) is 16.7. The molecule has 0 aromatic heterocycles. The van der Waals surface area contributed by atoms with E-state index in [2.05, 4.69) is 15.4 Å². The van der Waals surface area contributed by atoms with Gasteiger partial charge >= 0.3 is 12.1 Å². The van der Waals surface area contributed by atoms with Crippen molar-refractivity contribution in [3.8, 4) is 11.8 Å². The number of rotatable bonds is 10. The summed E-state index contributed by atoms with van der Waals surface area (Å²) in [6.45, 7) is 9.31. The highest BCUT2D eigenvalue weighted by atomic mass is 16.6. The van der Waals surface area contributed by atoms with Gasteiger partial charge in [0.05, 0.1) is 13.2 Å². The fourth-order valence-corrected chi connectivity index (χ4v) is 3.32. The molecule has 11 nitrogen and oxygen atoms in total. The van der Waals surface area contributed by atoms with E-state index in [9.17, 15) is 29.5 Å². The number of benzene rings is 1. The van der Waals surface area contributed by atoms with E-state index < -0.39 is 54.7 Å². The number of hydrogen-bond acceptors (Lipinski definition) is 8. The predicted octanol–water partition coefficient (Wildman–Crippen LogP) is 2.32. The number of methoxy groups -OCH3 is 1. The number of aryl methyl sites for hydroxylation is 1. The van der Waals surface area contributed by atoms with Crippen molar-refractivity contribution in [2.45, 2.75) is 65.6 Å². The van der Waals surface area contributed by atoms with Gasteiger partial charge in [0.15, 0.2) is 0 Å². The van der Waals surface area contributed by atoms with Crippen LogP contribution in [0.4, 0.5) is 4.79 Å². The minimum atomic E-state index is -1.34. The fraction of sp³-hybridized carbons (Fsp3) is 0.560. The Bertz CT molecular complexity index is 997. The van der Waals surface area contributed by atoms with Crippen molar-refractivity contribution in [3.63, 3.8) is 0 Å². The average molecular weight is 505 g/mol. The van der Waals surface area contributed by atoms with Crippen LogP contribution in [0.3, 0.4) is 0 Å². The van der Waals surface area contributed by atoms with Crippen molar-refractivity contribution in [2.75, 3.05) is 20.2 Å². The molecule has 0 aliphatic rings. The van der Waals surface area contributed by atoms with E-state index in [1.54, 1.807) is 34.6 Å². The summed E-state index contributed by atoms with van der Waals surface area (Å²) >= 11 is 0. The van der Waals surface area contributed by atoms with E-state index >= 15 is 0 Å². The molecule has 0 bridgehead atoms. The zero-order valence-corrected chi connectivity index (χ0v) is 21.9. The molecule has 198 valence electrons.